The first-order valence-corrected chi connectivity index (χ1v) is 5.31. The van der Waals surface area contributed by atoms with Gasteiger partial charge in [-0.3, -0.25) is 4.79 Å². The summed E-state index contributed by atoms with van der Waals surface area (Å²) >= 11 is 0. The number of nitrogens with two attached hydrogens (primary N) is 1. The summed E-state index contributed by atoms with van der Waals surface area (Å²) in [6.45, 7) is 5.53. The van der Waals surface area contributed by atoms with Crippen LogP contribution < -0.4 is 11.1 Å². The highest BCUT2D eigenvalue weighted by Crippen LogP contribution is 2.25. The Balaban J connectivity index is 2.53. The van der Waals surface area contributed by atoms with Crippen molar-refractivity contribution in [1.82, 2.24) is 5.32 Å². The fourth-order valence-electron chi connectivity index (χ4n) is 1.82. The summed E-state index contributed by atoms with van der Waals surface area (Å²) in [6, 6.07) is 0.00449. The average molecular weight is 196 g/mol. The SMILES string of the molecule is C=CC(C)NC(=O)C1(N)CCCCC1. The molecule has 1 unspecified atom stereocenters. The minimum Gasteiger partial charge on any atom is -0.349 e. The van der Waals surface area contributed by atoms with Crippen molar-refractivity contribution in [3.63, 3.8) is 0 Å². The van der Waals surface area contributed by atoms with Crippen LogP contribution in [0.4, 0.5) is 0 Å². The Morgan fingerprint density at radius 2 is 2.07 bits per heavy atom. The first-order valence-electron chi connectivity index (χ1n) is 5.31. The second-order valence-electron chi connectivity index (χ2n) is 4.21. The maximum absolute atomic E-state index is 11.8. The summed E-state index contributed by atoms with van der Waals surface area (Å²) < 4.78 is 0. The third-order valence-electron chi connectivity index (χ3n) is 2.91. The standard InChI is InChI=1S/C11H20N2O/c1-3-9(2)13-10(14)11(12)7-5-4-6-8-11/h3,9H,1,4-8,12H2,2H3,(H,13,14). The van der Waals surface area contributed by atoms with E-state index in [0.29, 0.717) is 0 Å². The minimum atomic E-state index is -0.629. The molecule has 1 aliphatic carbocycles. The Kier molecular flexibility index (Phi) is 3.69. The molecule has 1 fully saturated rings. The van der Waals surface area contributed by atoms with Gasteiger partial charge in [0.05, 0.1) is 5.54 Å². The van der Waals surface area contributed by atoms with Crippen molar-refractivity contribution in [2.75, 3.05) is 0 Å². The molecule has 3 nitrogen and oxygen atoms in total. The topological polar surface area (TPSA) is 55.1 Å². The molecule has 0 aromatic heterocycles. The zero-order chi connectivity index (χ0) is 10.6. The van der Waals surface area contributed by atoms with Gasteiger partial charge in [0.25, 0.3) is 0 Å². The van der Waals surface area contributed by atoms with E-state index in [9.17, 15) is 4.79 Å². The highest BCUT2D eigenvalue weighted by atomic mass is 16.2. The van der Waals surface area contributed by atoms with Gasteiger partial charge in [0.15, 0.2) is 0 Å². The highest BCUT2D eigenvalue weighted by molar-refractivity contribution is 5.86. The molecule has 0 spiro atoms. The number of hydrogen-bond acceptors (Lipinski definition) is 2. The number of rotatable bonds is 3. The maximum Gasteiger partial charge on any atom is 0.240 e. The van der Waals surface area contributed by atoms with Gasteiger partial charge in [0.2, 0.25) is 5.91 Å². The maximum atomic E-state index is 11.8. The smallest absolute Gasteiger partial charge is 0.240 e. The lowest BCUT2D eigenvalue weighted by molar-refractivity contribution is -0.127. The quantitative estimate of drug-likeness (QED) is 0.669. The van der Waals surface area contributed by atoms with Gasteiger partial charge in [0.1, 0.15) is 0 Å². The summed E-state index contributed by atoms with van der Waals surface area (Å²) in [4.78, 5) is 11.8. The summed E-state index contributed by atoms with van der Waals surface area (Å²) in [7, 11) is 0. The van der Waals surface area contributed by atoms with E-state index in [1.807, 2.05) is 6.92 Å². The highest BCUT2D eigenvalue weighted by Gasteiger charge is 2.35. The molecule has 0 radical (unpaired) electrons. The summed E-state index contributed by atoms with van der Waals surface area (Å²) in [6.07, 6.45) is 6.65. The van der Waals surface area contributed by atoms with Crippen LogP contribution in [-0.2, 0) is 4.79 Å². The predicted octanol–water partition coefficient (Wildman–Crippen LogP) is 1.34. The van der Waals surface area contributed by atoms with Crippen molar-refractivity contribution in [2.24, 2.45) is 5.73 Å². The number of carbonyl (C=O) groups excluding carboxylic acids is 1. The molecular weight excluding hydrogens is 176 g/mol. The average Bonchev–Trinajstić information content (AvgIpc) is 2.18. The summed E-state index contributed by atoms with van der Waals surface area (Å²) in [5, 5.41) is 2.86. The van der Waals surface area contributed by atoms with Gasteiger partial charge in [-0.1, -0.05) is 25.3 Å². The molecule has 1 aliphatic rings. The van der Waals surface area contributed by atoms with E-state index < -0.39 is 5.54 Å². The minimum absolute atomic E-state index is 0.00449. The monoisotopic (exact) mass is 196 g/mol. The zero-order valence-electron chi connectivity index (χ0n) is 8.88. The molecule has 0 aromatic carbocycles. The van der Waals surface area contributed by atoms with Gasteiger partial charge in [-0.2, -0.15) is 0 Å². The lowest BCUT2D eigenvalue weighted by Gasteiger charge is -2.32. The molecule has 0 heterocycles. The van der Waals surface area contributed by atoms with Crippen molar-refractivity contribution in [2.45, 2.75) is 50.6 Å². The molecule has 1 saturated carbocycles. The van der Waals surface area contributed by atoms with Crippen LogP contribution in [0.15, 0.2) is 12.7 Å². The third-order valence-corrected chi connectivity index (χ3v) is 2.91. The molecule has 0 saturated heterocycles. The van der Waals surface area contributed by atoms with Crippen LogP contribution in [0.2, 0.25) is 0 Å². The van der Waals surface area contributed by atoms with Crippen LogP contribution in [0, 0.1) is 0 Å². The molecular formula is C11H20N2O. The molecule has 3 heteroatoms. The molecule has 1 rings (SSSR count). The van der Waals surface area contributed by atoms with E-state index in [-0.39, 0.29) is 11.9 Å². The van der Waals surface area contributed by atoms with Crippen LogP contribution in [0.3, 0.4) is 0 Å². The van der Waals surface area contributed by atoms with Crippen molar-refractivity contribution in [3.8, 4) is 0 Å². The number of carbonyl (C=O) groups is 1. The molecule has 0 aromatic rings. The largest absolute Gasteiger partial charge is 0.349 e. The fraction of sp³-hybridized carbons (Fsp3) is 0.727. The third kappa shape index (κ3) is 2.58. The van der Waals surface area contributed by atoms with Gasteiger partial charge in [-0.05, 0) is 19.8 Å². The van der Waals surface area contributed by atoms with Crippen molar-refractivity contribution < 1.29 is 4.79 Å². The fourth-order valence-corrected chi connectivity index (χ4v) is 1.82. The number of hydrogen-bond donors (Lipinski definition) is 2. The van der Waals surface area contributed by atoms with Gasteiger partial charge >= 0.3 is 0 Å². The lowest BCUT2D eigenvalue weighted by atomic mass is 9.82. The van der Waals surface area contributed by atoms with Crippen LogP contribution in [0.1, 0.15) is 39.0 Å². The Hall–Kier alpha value is -0.830. The van der Waals surface area contributed by atoms with Crippen LogP contribution in [-0.4, -0.2) is 17.5 Å². The van der Waals surface area contributed by atoms with Gasteiger partial charge < -0.3 is 11.1 Å². The van der Waals surface area contributed by atoms with Crippen LogP contribution in [0.5, 0.6) is 0 Å². The van der Waals surface area contributed by atoms with Crippen molar-refractivity contribution >= 4 is 5.91 Å². The van der Waals surface area contributed by atoms with Gasteiger partial charge in [-0.15, -0.1) is 6.58 Å². The van der Waals surface area contributed by atoms with Gasteiger partial charge in [0, 0.05) is 6.04 Å². The summed E-state index contributed by atoms with van der Waals surface area (Å²) in [5.41, 5.74) is 5.43. The summed E-state index contributed by atoms with van der Waals surface area (Å²) in [5.74, 6) is -0.0235. The van der Waals surface area contributed by atoms with Gasteiger partial charge in [-0.25, -0.2) is 0 Å². The Morgan fingerprint density at radius 1 is 1.50 bits per heavy atom. The van der Waals surface area contributed by atoms with E-state index in [2.05, 4.69) is 11.9 Å². The molecule has 14 heavy (non-hydrogen) atoms. The Labute approximate surface area is 85.7 Å². The first kappa shape index (κ1) is 11.2. The zero-order valence-corrected chi connectivity index (χ0v) is 8.88. The van der Waals surface area contributed by atoms with Crippen molar-refractivity contribution in [1.29, 1.82) is 0 Å². The molecule has 80 valence electrons. The van der Waals surface area contributed by atoms with Crippen LogP contribution >= 0.6 is 0 Å². The number of nitrogens with one attached hydrogen (secondary N) is 1. The molecule has 3 N–H and O–H groups in total. The Morgan fingerprint density at radius 3 is 2.57 bits per heavy atom. The van der Waals surface area contributed by atoms with E-state index in [1.165, 1.54) is 6.42 Å². The first-order chi connectivity index (χ1) is 6.58. The van der Waals surface area contributed by atoms with Crippen molar-refractivity contribution in [3.05, 3.63) is 12.7 Å². The second-order valence-corrected chi connectivity index (χ2v) is 4.21. The second kappa shape index (κ2) is 4.60. The lowest BCUT2D eigenvalue weighted by Crippen LogP contribution is -2.56. The molecule has 0 aliphatic heterocycles. The molecule has 0 bridgehead atoms. The van der Waals surface area contributed by atoms with E-state index in [4.69, 9.17) is 5.73 Å². The van der Waals surface area contributed by atoms with E-state index >= 15 is 0 Å². The van der Waals surface area contributed by atoms with E-state index in [0.717, 1.165) is 25.7 Å². The predicted molar refractivity (Wildman–Crippen MR) is 57.8 cm³/mol. The number of amides is 1. The van der Waals surface area contributed by atoms with Crippen LogP contribution in [0.25, 0.3) is 0 Å². The molecule has 1 amide bonds. The molecule has 1 atom stereocenters. The Bertz CT molecular complexity index is 219. The van der Waals surface area contributed by atoms with E-state index in [1.54, 1.807) is 6.08 Å². The normalized spacial score (nSPS) is 22.4.